The largest absolute Gasteiger partial charge is 0.368 e. The summed E-state index contributed by atoms with van der Waals surface area (Å²) in [7, 11) is 0. The fourth-order valence-corrected chi connectivity index (χ4v) is 1.44. The molecule has 0 radical (unpaired) electrons. The molecule has 0 aromatic carbocycles. The van der Waals surface area contributed by atoms with Crippen molar-refractivity contribution in [2.24, 2.45) is 5.41 Å². The maximum atomic E-state index is 5.99. The first kappa shape index (κ1) is 12.6. The van der Waals surface area contributed by atoms with E-state index in [-0.39, 0.29) is 5.41 Å². The average Bonchev–Trinajstić information content (AvgIpc) is 2.16. The Hall–Kier alpha value is -0.470. The second-order valence-corrected chi connectivity index (χ2v) is 5.20. The zero-order valence-electron chi connectivity index (χ0n) is 9.27. The third kappa shape index (κ3) is 3.88. The molecule has 1 rings (SSSR count). The van der Waals surface area contributed by atoms with Crippen LogP contribution in [0.1, 0.15) is 27.2 Å². The fourth-order valence-electron chi connectivity index (χ4n) is 0.993. The molecule has 0 atom stereocenters. The molecule has 15 heavy (non-hydrogen) atoms. The second kappa shape index (κ2) is 5.04. The summed E-state index contributed by atoms with van der Waals surface area (Å²) in [5, 5.41) is 4.35. The molecular weight excluding hydrogens is 231 g/mol. The highest BCUT2D eigenvalue weighted by Crippen LogP contribution is 2.25. The van der Waals surface area contributed by atoms with Gasteiger partial charge >= 0.3 is 0 Å². The Morgan fingerprint density at radius 2 is 2.07 bits per heavy atom. The summed E-state index contributed by atoms with van der Waals surface area (Å²) in [4.78, 5) is 4.14. The maximum absolute atomic E-state index is 5.99. The Kier molecular flexibility index (Phi) is 4.23. The van der Waals surface area contributed by atoms with Crippen LogP contribution in [0.4, 0.5) is 5.82 Å². The lowest BCUT2D eigenvalue weighted by Crippen LogP contribution is -2.22. The number of aromatic nitrogens is 1. The van der Waals surface area contributed by atoms with Crippen molar-refractivity contribution in [3.63, 3.8) is 0 Å². The second-order valence-electron chi connectivity index (χ2n) is 4.36. The summed E-state index contributed by atoms with van der Waals surface area (Å²) < 4.78 is 0. The van der Waals surface area contributed by atoms with Gasteiger partial charge in [-0.15, -0.1) is 0 Å². The van der Waals surface area contributed by atoms with Crippen LogP contribution in [0, 0.1) is 5.41 Å². The highest BCUT2D eigenvalue weighted by Gasteiger charge is 2.15. The van der Waals surface area contributed by atoms with Crippen LogP contribution in [0.25, 0.3) is 0 Å². The smallest absolute Gasteiger partial charge is 0.144 e. The molecule has 0 unspecified atom stereocenters. The lowest BCUT2D eigenvalue weighted by Gasteiger charge is -2.23. The highest BCUT2D eigenvalue weighted by atomic mass is 35.5. The van der Waals surface area contributed by atoms with E-state index in [2.05, 4.69) is 31.1 Å². The molecule has 1 N–H and O–H groups in total. The molecule has 0 bridgehead atoms. The van der Waals surface area contributed by atoms with Gasteiger partial charge in [-0.2, -0.15) is 0 Å². The highest BCUT2D eigenvalue weighted by molar-refractivity contribution is 6.35. The molecule has 0 saturated carbocycles. The van der Waals surface area contributed by atoms with Crippen molar-refractivity contribution < 1.29 is 0 Å². The number of anilines is 1. The third-order valence-corrected chi connectivity index (χ3v) is 2.99. The molecule has 0 aliphatic rings. The van der Waals surface area contributed by atoms with E-state index in [4.69, 9.17) is 23.2 Å². The first-order valence-corrected chi connectivity index (χ1v) is 5.75. The summed E-state index contributed by atoms with van der Waals surface area (Å²) in [6.07, 6.45) is 2.69. The van der Waals surface area contributed by atoms with Crippen LogP contribution in [-0.4, -0.2) is 11.5 Å². The molecule has 1 aromatic rings. The quantitative estimate of drug-likeness (QED) is 0.860. The number of nitrogens with one attached hydrogen (secondary N) is 1. The van der Waals surface area contributed by atoms with E-state index in [1.54, 1.807) is 12.3 Å². The topological polar surface area (TPSA) is 24.9 Å². The molecule has 0 fully saturated rings. The van der Waals surface area contributed by atoms with Crippen molar-refractivity contribution in [1.82, 2.24) is 4.98 Å². The van der Waals surface area contributed by atoms with Crippen molar-refractivity contribution in [3.8, 4) is 0 Å². The standard InChI is InChI=1S/C11H16Cl2N2/c1-4-11(2,3)7-15-10-9(13)5-8(12)6-14-10/h5-6H,4,7H2,1-3H3,(H,14,15). The van der Waals surface area contributed by atoms with Gasteiger partial charge in [-0.25, -0.2) is 4.98 Å². The third-order valence-electron chi connectivity index (χ3n) is 2.50. The Morgan fingerprint density at radius 3 is 2.60 bits per heavy atom. The summed E-state index contributed by atoms with van der Waals surface area (Å²) >= 11 is 11.8. The molecule has 1 heterocycles. The van der Waals surface area contributed by atoms with E-state index in [0.717, 1.165) is 13.0 Å². The monoisotopic (exact) mass is 246 g/mol. The molecule has 0 aliphatic heterocycles. The molecule has 0 saturated heterocycles. The molecule has 4 heteroatoms. The summed E-state index contributed by atoms with van der Waals surface area (Å²) in [5.74, 6) is 0.697. The van der Waals surface area contributed by atoms with Gasteiger partial charge < -0.3 is 5.32 Å². The van der Waals surface area contributed by atoms with Gasteiger partial charge in [0.25, 0.3) is 0 Å². The summed E-state index contributed by atoms with van der Waals surface area (Å²) in [5.41, 5.74) is 0.241. The van der Waals surface area contributed by atoms with Gasteiger partial charge in [0.05, 0.1) is 10.0 Å². The minimum Gasteiger partial charge on any atom is -0.368 e. The van der Waals surface area contributed by atoms with Gasteiger partial charge in [0.15, 0.2) is 0 Å². The Morgan fingerprint density at radius 1 is 1.40 bits per heavy atom. The number of nitrogens with zero attached hydrogens (tertiary/aromatic N) is 1. The normalized spacial score (nSPS) is 11.5. The predicted octanol–water partition coefficient (Wildman–Crippen LogP) is 4.24. The van der Waals surface area contributed by atoms with Gasteiger partial charge in [-0.1, -0.05) is 44.0 Å². The van der Waals surface area contributed by atoms with Gasteiger partial charge in [-0.05, 0) is 17.9 Å². The molecule has 0 aliphatic carbocycles. The SMILES string of the molecule is CCC(C)(C)CNc1ncc(Cl)cc1Cl. The van der Waals surface area contributed by atoms with Crippen LogP contribution in [0.5, 0.6) is 0 Å². The lowest BCUT2D eigenvalue weighted by molar-refractivity contribution is 0.376. The van der Waals surface area contributed by atoms with Gasteiger partial charge in [0, 0.05) is 12.7 Å². The van der Waals surface area contributed by atoms with Crippen LogP contribution in [-0.2, 0) is 0 Å². The van der Waals surface area contributed by atoms with Crippen LogP contribution in [0.2, 0.25) is 10.0 Å². The lowest BCUT2D eigenvalue weighted by atomic mass is 9.90. The van der Waals surface area contributed by atoms with Crippen LogP contribution in [0.15, 0.2) is 12.3 Å². The van der Waals surface area contributed by atoms with Crippen molar-refractivity contribution in [3.05, 3.63) is 22.3 Å². The van der Waals surface area contributed by atoms with E-state index in [0.29, 0.717) is 15.9 Å². The molecule has 2 nitrogen and oxygen atoms in total. The number of hydrogen-bond acceptors (Lipinski definition) is 2. The summed E-state index contributed by atoms with van der Waals surface area (Å²) in [6.45, 7) is 7.41. The van der Waals surface area contributed by atoms with Crippen molar-refractivity contribution >= 4 is 29.0 Å². The first-order chi connectivity index (χ1) is 6.94. The zero-order chi connectivity index (χ0) is 11.5. The minimum absolute atomic E-state index is 0.241. The van der Waals surface area contributed by atoms with Crippen LogP contribution < -0.4 is 5.32 Å². The maximum Gasteiger partial charge on any atom is 0.144 e. The van der Waals surface area contributed by atoms with E-state index in [9.17, 15) is 0 Å². The van der Waals surface area contributed by atoms with Crippen LogP contribution in [0.3, 0.4) is 0 Å². The average molecular weight is 247 g/mol. The van der Waals surface area contributed by atoms with E-state index >= 15 is 0 Å². The van der Waals surface area contributed by atoms with Crippen molar-refractivity contribution in [2.45, 2.75) is 27.2 Å². The Bertz CT molecular complexity index is 337. The number of halogens is 2. The fraction of sp³-hybridized carbons (Fsp3) is 0.545. The number of rotatable bonds is 4. The van der Waals surface area contributed by atoms with E-state index in [1.807, 2.05) is 0 Å². The minimum atomic E-state index is 0.241. The first-order valence-electron chi connectivity index (χ1n) is 4.99. The van der Waals surface area contributed by atoms with Gasteiger partial charge in [0.1, 0.15) is 5.82 Å². The number of pyridine rings is 1. The molecule has 84 valence electrons. The van der Waals surface area contributed by atoms with Crippen LogP contribution >= 0.6 is 23.2 Å². The Labute approximate surface area is 101 Å². The summed E-state index contributed by atoms with van der Waals surface area (Å²) in [6, 6.07) is 1.69. The van der Waals surface area contributed by atoms with Crippen molar-refractivity contribution in [2.75, 3.05) is 11.9 Å². The zero-order valence-corrected chi connectivity index (χ0v) is 10.8. The van der Waals surface area contributed by atoms with Gasteiger partial charge in [-0.3, -0.25) is 0 Å². The van der Waals surface area contributed by atoms with Crippen molar-refractivity contribution in [1.29, 1.82) is 0 Å². The molecule has 1 aromatic heterocycles. The molecule has 0 spiro atoms. The molecular formula is C11H16Cl2N2. The van der Waals surface area contributed by atoms with E-state index < -0.39 is 0 Å². The predicted molar refractivity (Wildman–Crippen MR) is 66.8 cm³/mol. The molecule has 0 amide bonds. The number of hydrogen-bond donors (Lipinski definition) is 1. The van der Waals surface area contributed by atoms with Gasteiger partial charge in [0.2, 0.25) is 0 Å². The Balaban J connectivity index is 2.66. The van der Waals surface area contributed by atoms with E-state index in [1.165, 1.54) is 0 Å².